The van der Waals surface area contributed by atoms with Crippen LogP contribution in [0.4, 0.5) is 5.69 Å². The van der Waals surface area contributed by atoms with E-state index in [1.165, 1.54) is 31.7 Å². The maximum Gasteiger partial charge on any atom is 0.273 e. The van der Waals surface area contributed by atoms with Gasteiger partial charge in [0.1, 0.15) is 17.3 Å². The van der Waals surface area contributed by atoms with Gasteiger partial charge in [0, 0.05) is 22.9 Å². The van der Waals surface area contributed by atoms with Gasteiger partial charge in [0.15, 0.2) is 0 Å². The highest BCUT2D eigenvalue weighted by Crippen LogP contribution is 2.33. The molecular formula is C18H13BrN4O5. The molecule has 2 aromatic heterocycles. The highest BCUT2D eigenvalue weighted by atomic mass is 79.9. The van der Waals surface area contributed by atoms with E-state index < -0.39 is 10.8 Å². The summed E-state index contributed by atoms with van der Waals surface area (Å²) in [6.07, 6.45) is 4.32. The highest BCUT2D eigenvalue weighted by Gasteiger charge is 2.15. The number of hydrazone groups is 1. The number of amides is 1. The normalized spacial score (nSPS) is 10.8. The Morgan fingerprint density at radius 3 is 2.86 bits per heavy atom. The molecule has 3 rings (SSSR count). The Morgan fingerprint density at radius 1 is 1.32 bits per heavy atom. The number of rotatable bonds is 6. The number of halogens is 1. The van der Waals surface area contributed by atoms with E-state index in [0.29, 0.717) is 32.9 Å². The van der Waals surface area contributed by atoms with Gasteiger partial charge in [-0.3, -0.25) is 19.9 Å². The second-order valence-corrected chi connectivity index (χ2v) is 6.35. The van der Waals surface area contributed by atoms with Gasteiger partial charge < -0.3 is 9.15 Å². The number of nitro benzene ring substituents is 1. The van der Waals surface area contributed by atoms with Crippen LogP contribution in [0, 0.1) is 10.1 Å². The Kier molecular flexibility index (Phi) is 5.80. The number of pyridine rings is 1. The molecule has 0 atom stereocenters. The molecule has 0 aliphatic heterocycles. The lowest BCUT2D eigenvalue weighted by atomic mass is 10.1. The van der Waals surface area contributed by atoms with Gasteiger partial charge in [0.05, 0.1) is 35.4 Å². The van der Waals surface area contributed by atoms with E-state index in [9.17, 15) is 14.9 Å². The third kappa shape index (κ3) is 4.41. The molecule has 0 aliphatic rings. The third-order valence-corrected chi connectivity index (χ3v) is 4.05. The molecule has 3 aromatic rings. The molecular weight excluding hydrogens is 432 g/mol. The first-order valence-corrected chi connectivity index (χ1v) is 8.64. The fraction of sp³-hybridized carbons (Fsp3) is 0.0556. The number of aromatic nitrogens is 1. The van der Waals surface area contributed by atoms with Crippen LogP contribution in [0.2, 0.25) is 0 Å². The molecule has 0 aliphatic carbocycles. The Bertz CT molecular complexity index is 1060. The third-order valence-electron chi connectivity index (χ3n) is 3.61. The van der Waals surface area contributed by atoms with Crippen LogP contribution in [-0.2, 0) is 0 Å². The summed E-state index contributed by atoms with van der Waals surface area (Å²) in [5.74, 6) is 0.704. The lowest BCUT2D eigenvalue weighted by Crippen LogP contribution is -2.17. The number of nitro groups is 1. The number of nitrogens with zero attached hydrogens (tertiary/aromatic N) is 3. The number of hydrogen-bond acceptors (Lipinski definition) is 7. The average molecular weight is 445 g/mol. The van der Waals surface area contributed by atoms with E-state index in [-0.39, 0.29) is 5.69 Å². The predicted octanol–water partition coefficient (Wildman–Crippen LogP) is 3.78. The van der Waals surface area contributed by atoms with E-state index in [0.717, 1.165) is 0 Å². The SMILES string of the molecule is COc1cc([N+](=O)[O-])ccc1-c1ccc(C=NNC(=O)c2cncc(Br)c2)o1. The van der Waals surface area contributed by atoms with Crippen LogP contribution in [0.3, 0.4) is 0 Å². The zero-order valence-electron chi connectivity index (χ0n) is 14.5. The number of non-ortho nitro benzene ring substituents is 1. The molecule has 0 radical (unpaired) electrons. The van der Waals surface area contributed by atoms with E-state index in [1.807, 2.05) is 0 Å². The van der Waals surface area contributed by atoms with Gasteiger partial charge in [-0.25, -0.2) is 5.43 Å². The number of benzene rings is 1. The van der Waals surface area contributed by atoms with Crippen LogP contribution in [-0.4, -0.2) is 29.1 Å². The second-order valence-electron chi connectivity index (χ2n) is 5.43. The molecule has 142 valence electrons. The molecule has 0 unspecified atom stereocenters. The van der Waals surface area contributed by atoms with Crippen molar-refractivity contribution in [3.8, 4) is 17.1 Å². The first kappa shape index (κ1) is 19.2. The molecule has 10 heteroatoms. The van der Waals surface area contributed by atoms with Crippen molar-refractivity contribution >= 4 is 33.7 Å². The fourth-order valence-corrected chi connectivity index (χ4v) is 2.68. The van der Waals surface area contributed by atoms with Crippen molar-refractivity contribution in [2.45, 2.75) is 0 Å². The molecule has 0 bridgehead atoms. The van der Waals surface area contributed by atoms with E-state index in [2.05, 4.69) is 31.4 Å². The smallest absolute Gasteiger partial charge is 0.273 e. The van der Waals surface area contributed by atoms with E-state index >= 15 is 0 Å². The van der Waals surface area contributed by atoms with Crippen molar-refractivity contribution in [2.24, 2.45) is 5.10 Å². The van der Waals surface area contributed by atoms with Crippen LogP contribution in [0.25, 0.3) is 11.3 Å². The van der Waals surface area contributed by atoms with Crippen molar-refractivity contribution < 1.29 is 18.9 Å². The van der Waals surface area contributed by atoms with Crippen molar-refractivity contribution in [1.29, 1.82) is 0 Å². The zero-order chi connectivity index (χ0) is 20.1. The quantitative estimate of drug-likeness (QED) is 0.350. The molecule has 28 heavy (non-hydrogen) atoms. The standard InChI is InChI=1S/C18H13BrN4O5/c1-27-17-7-13(23(25)26)2-4-15(17)16-5-3-14(28-16)10-21-22-18(24)11-6-12(19)9-20-8-11/h2-10H,1H3,(H,22,24). The van der Waals surface area contributed by atoms with Gasteiger partial charge >= 0.3 is 0 Å². The van der Waals surface area contributed by atoms with Crippen LogP contribution >= 0.6 is 15.9 Å². The number of carbonyl (C=O) groups is 1. The van der Waals surface area contributed by atoms with Crippen molar-refractivity contribution in [3.63, 3.8) is 0 Å². The monoisotopic (exact) mass is 444 g/mol. The van der Waals surface area contributed by atoms with Gasteiger partial charge in [-0.2, -0.15) is 5.10 Å². The number of methoxy groups -OCH3 is 1. The summed E-state index contributed by atoms with van der Waals surface area (Å²) < 4.78 is 11.5. The number of carbonyl (C=O) groups excluding carboxylic acids is 1. The Labute approximate surface area is 167 Å². The van der Waals surface area contributed by atoms with Gasteiger partial charge in [-0.05, 0) is 40.2 Å². The lowest BCUT2D eigenvalue weighted by Gasteiger charge is -2.05. The minimum absolute atomic E-state index is 0.0845. The van der Waals surface area contributed by atoms with Crippen molar-refractivity contribution in [2.75, 3.05) is 7.11 Å². The molecule has 1 amide bonds. The summed E-state index contributed by atoms with van der Waals surface area (Å²) in [5.41, 5.74) is 3.19. The molecule has 2 heterocycles. The molecule has 0 spiro atoms. The molecule has 0 saturated heterocycles. The number of ether oxygens (including phenoxy) is 1. The van der Waals surface area contributed by atoms with Crippen molar-refractivity contribution in [3.05, 3.63) is 74.7 Å². The lowest BCUT2D eigenvalue weighted by molar-refractivity contribution is -0.384. The predicted molar refractivity (Wildman–Crippen MR) is 104 cm³/mol. The number of nitrogens with one attached hydrogen (secondary N) is 1. The van der Waals surface area contributed by atoms with Crippen LogP contribution < -0.4 is 10.2 Å². The maximum atomic E-state index is 12.0. The molecule has 1 aromatic carbocycles. The second kappa shape index (κ2) is 8.44. The minimum Gasteiger partial charge on any atom is -0.496 e. The molecule has 9 nitrogen and oxygen atoms in total. The number of hydrogen-bond donors (Lipinski definition) is 1. The summed E-state index contributed by atoms with van der Waals surface area (Å²) >= 11 is 3.24. The topological polar surface area (TPSA) is 120 Å². The largest absolute Gasteiger partial charge is 0.496 e. The maximum absolute atomic E-state index is 12.0. The van der Waals surface area contributed by atoms with Crippen LogP contribution in [0.5, 0.6) is 5.75 Å². The summed E-state index contributed by atoms with van der Waals surface area (Å²) in [5, 5.41) is 14.7. The van der Waals surface area contributed by atoms with Gasteiger partial charge in [0.2, 0.25) is 0 Å². The average Bonchev–Trinajstić information content (AvgIpc) is 3.16. The van der Waals surface area contributed by atoms with E-state index in [1.54, 1.807) is 30.5 Å². The van der Waals surface area contributed by atoms with Gasteiger partial charge in [-0.15, -0.1) is 0 Å². The van der Waals surface area contributed by atoms with E-state index in [4.69, 9.17) is 9.15 Å². The zero-order valence-corrected chi connectivity index (χ0v) is 16.0. The Morgan fingerprint density at radius 2 is 2.14 bits per heavy atom. The fourth-order valence-electron chi connectivity index (χ4n) is 2.32. The summed E-state index contributed by atoms with van der Waals surface area (Å²) in [7, 11) is 1.42. The number of furan rings is 1. The van der Waals surface area contributed by atoms with Crippen LogP contribution in [0.15, 0.2) is 62.8 Å². The molecule has 1 N–H and O–H groups in total. The first-order valence-electron chi connectivity index (χ1n) is 7.84. The minimum atomic E-state index is -0.504. The van der Waals surface area contributed by atoms with Gasteiger partial charge in [-0.1, -0.05) is 0 Å². The van der Waals surface area contributed by atoms with Crippen molar-refractivity contribution in [1.82, 2.24) is 10.4 Å². The summed E-state index contributed by atoms with van der Waals surface area (Å²) in [4.78, 5) is 26.3. The van der Waals surface area contributed by atoms with Crippen LogP contribution in [0.1, 0.15) is 16.1 Å². The Hall–Kier alpha value is -3.53. The first-order chi connectivity index (χ1) is 13.5. The summed E-state index contributed by atoms with van der Waals surface area (Å²) in [6.45, 7) is 0. The molecule has 0 saturated carbocycles. The summed E-state index contributed by atoms with van der Waals surface area (Å²) in [6, 6.07) is 9.15. The Balaban J connectivity index is 1.73. The van der Waals surface area contributed by atoms with Gasteiger partial charge in [0.25, 0.3) is 11.6 Å². The highest BCUT2D eigenvalue weighted by molar-refractivity contribution is 9.10. The molecule has 0 fully saturated rings.